The summed E-state index contributed by atoms with van der Waals surface area (Å²) in [4.78, 5) is 19.3. The molecule has 0 aromatic heterocycles. The summed E-state index contributed by atoms with van der Waals surface area (Å²) in [6.45, 7) is 2.97. The Kier molecular flexibility index (Phi) is 3.89. The maximum absolute atomic E-state index is 12.2. The summed E-state index contributed by atoms with van der Waals surface area (Å²) < 4.78 is 5.35. The highest BCUT2D eigenvalue weighted by Gasteiger charge is 2.27. The molecule has 5 heteroatoms. The van der Waals surface area contributed by atoms with E-state index in [9.17, 15) is 4.79 Å². The zero-order valence-electron chi connectivity index (χ0n) is 12.6. The van der Waals surface area contributed by atoms with Gasteiger partial charge in [0.25, 0.3) is 5.91 Å². The Hall–Kier alpha value is -2.11. The molecule has 23 heavy (non-hydrogen) atoms. The van der Waals surface area contributed by atoms with E-state index in [0.717, 1.165) is 29.2 Å². The van der Waals surface area contributed by atoms with Gasteiger partial charge in [0.2, 0.25) is 0 Å². The van der Waals surface area contributed by atoms with E-state index < -0.39 is 0 Å². The molecule has 4 rings (SSSR count). The lowest BCUT2D eigenvalue weighted by Crippen LogP contribution is -2.38. The van der Waals surface area contributed by atoms with Crippen LogP contribution < -0.4 is 0 Å². The van der Waals surface area contributed by atoms with E-state index in [-0.39, 0.29) is 5.91 Å². The first-order chi connectivity index (χ1) is 11.3. The third kappa shape index (κ3) is 2.90. The van der Waals surface area contributed by atoms with Gasteiger partial charge in [0.15, 0.2) is 5.17 Å². The van der Waals surface area contributed by atoms with Crippen LogP contribution in [0.2, 0.25) is 0 Å². The van der Waals surface area contributed by atoms with Crippen LogP contribution in [-0.4, -0.2) is 42.3 Å². The van der Waals surface area contributed by atoms with E-state index >= 15 is 0 Å². The highest BCUT2D eigenvalue weighted by Crippen LogP contribution is 2.32. The molecule has 1 fully saturated rings. The minimum Gasteiger partial charge on any atom is -0.378 e. The quantitative estimate of drug-likeness (QED) is 0.756. The molecule has 0 N–H and O–H groups in total. The van der Waals surface area contributed by atoms with E-state index in [1.165, 1.54) is 17.1 Å². The molecule has 0 spiro atoms. The fourth-order valence-electron chi connectivity index (χ4n) is 2.81. The number of fused-ring (bicyclic) bond motifs is 1. The highest BCUT2D eigenvalue weighted by molar-refractivity contribution is 8.18. The number of amides is 1. The minimum absolute atomic E-state index is 0.149. The molecule has 2 aromatic rings. The first-order valence-electron chi connectivity index (χ1n) is 7.64. The Morgan fingerprint density at radius 3 is 2.74 bits per heavy atom. The summed E-state index contributed by atoms with van der Waals surface area (Å²) >= 11 is 1.46. The van der Waals surface area contributed by atoms with Crippen molar-refractivity contribution in [3.8, 4) is 0 Å². The Morgan fingerprint density at radius 2 is 1.87 bits per heavy atom. The third-order valence-electron chi connectivity index (χ3n) is 4.00. The zero-order valence-corrected chi connectivity index (χ0v) is 13.4. The van der Waals surface area contributed by atoms with Crippen LogP contribution in [-0.2, 0) is 9.53 Å². The number of carbonyl (C=O) groups is 1. The van der Waals surface area contributed by atoms with Gasteiger partial charge in [0.05, 0.1) is 18.1 Å². The summed E-state index contributed by atoms with van der Waals surface area (Å²) in [5.41, 5.74) is 1.05. The molecular weight excluding hydrogens is 308 g/mol. The van der Waals surface area contributed by atoms with Crippen LogP contribution in [0.1, 0.15) is 5.56 Å². The predicted octanol–water partition coefficient (Wildman–Crippen LogP) is 3.14. The molecule has 2 heterocycles. The number of nitrogens with zero attached hydrogens (tertiary/aromatic N) is 2. The third-order valence-corrected chi connectivity index (χ3v) is 5.05. The van der Waals surface area contributed by atoms with Crippen molar-refractivity contribution in [2.24, 2.45) is 4.99 Å². The molecule has 0 radical (unpaired) electrons. The van der Waals surface area contributed by atoms with Crippen molar-refractivity contribution in [2.75, 3.05) is 26.3 Å². The van der Waals surface area contributed by atoms with Crippen molar-refractivity contribution < 1.29 is 9.53 Å². The topological polar surface area (TPSA) is 41.9 Å². The van der Waals surface area contributed by atoms with Crippen LogP contribution in [0.25, 0.3) is 16.8 Å². The van der Waals surface area contributed by atoms with Gasteiger partial charge >= 0.3 is 0 Å². The van der Waals surface area contributed by atoms with E-state index in [1.807, 2.05) is 30.3 Å². The normalized spacial score (nSPS) is 20.3. The molecule has 0 bridgehead atoms. The van der Waals surface area contributed by atoms with Gasteiger partial charge in [0.1, 0.15) is 0 Å². The smallest absolute Gasteiger partial charge is 0.286 e. The largest absolute Gasteiger partial charge is 0.378 e. The van der Waals surface area contributed by atoms with E-state index in [0.29, 0.717) is 18.1 Å². The first-order valence-corrected chi connectivity index (χ1v) is 8.46. The first kappa shape index (κ1) is 14.5. The Bertz CT molecular complexity index is 817. The molecule has 2 aromatic carbocycles. The summed E-state index contributed by atoms with van der Waals surface area (Å²) in [6, 6.07) is 14.3. The van der Waals surface area contributed by atoms with Gasteiger partial charge in [-0.2, -0.15) is 4.99 Å². The number of morpholine rings is 1. The van der Waals surface area contributed by atoms with E-state index in [4.69, 9.17) is 4.74 Å². The van der Waals surface area contributed by atoms with Gasteiger partial charge in [-0.25, -0.2) is 0 Å². The number of hydrogen-bond donors (Lipinski definition) is 0. The molecule has 116 valence electrons. The lowest BCUT2D eigenvalue weighted by atomic mass is 10.0. The monoisotopic (exact) mass is 324 g/mol. The van der Waals surface area contributed by atoms with Gasteiger partial charge in [-0.05, 0) is 34.2 Å². The van der Waals surface area contributed by atoms with Crippen molar-refractivity contribution >= 4 is 39.7 Å². The SMILES string of the molecule is O=C1N=C(N2CCOCC2)S/C1=C/c1cccc2ccccc12. The molecule has 4 nitrogen and oxygen atoms in total. The summed E-state index contributed by atoms with van der Waals surface area (Å²) in [5, 5.41) is 3.12. The molecule has 1 saturated heterocycles. The number of aliphatic imine (C=N–C) groups is 1. The second-order valence-electron chi connectivity index (χ2n) is 5.48. The van der Waals surface area contributed by atoms with E-state index in [1.54, 1.807) is 0 Å². The summed E-state index contributed by atoms with van der Waals surface area (Å²) in [7, 11) is 0. The van der Waals surface area contributed by atoms with Crippen LogP contribution >= 0.6 is 11.8 Å². The fraction of sp³-hybridized carbons (Fsp3) is 0.222. The highest BCUT2D eigenvalue weighted by atomic mass is 32.2. The van der Waals surface area contributed by atoms with Gasteiger partial charge in [0, 0.05) is 13.1 Å². The van der Waals surface area contributed by atoms with Crippen LogP contribution in [0, 0.1) is 0 Å². The Balaban J connectivity index is 1.63. The number of benzene rings is 2. The van der Waals surface area contributed by atoms with Gasteiger partial charge < -0.3 is 9.64 Å². The van der Waals surface area contributed by atoms with Crippen molar-refractivity contribution in [3.05, 3.63) is 52.9 Å². The molecule has 2 aliphatic rings. The molecule has 0 saturated carbocycles. The lowest BCUT2D eigenvalue weighted by molar-refractivity contribution is -0.113. The van der Waals surface area contributed by atoms with E-state index in [2.05, 4.69) is 28.1 Å². The van der Waals surface area contributed by atoms with Crippen LogP contribution in [0.4, 0.5) is 0 Å². The summed E-state index contributed by atoms with van der Waals surface area (Å²) in [5.74, 6) is -0.149. The number of amidine groups is 1. The number of hydrogen-bond acceptors (Lipinski definition) is 4. The van der Waals surface area contributed by atoms with Crippen LogP contribution in [0.3, 0.4) is 0 Å². The number of ether oxygens (including phenoxy) is 1. The number of thioether (sulfide) groups is 1. The average Bonchev–Trinajstić information content (AvgIpc) is 2.97. The average molecular weight is 324 g/mol. The van der Waals surface area contributed by atoms with Crippen LogP contribution in [0.15, 0.2) is 52.4 Å². The maximum Gasteiger partial charge on any atom is 0.286 e. The van der Waals surface area contributed by atoms with Crippen molar-refractivity contribution in [2.45, 2.75) is 0 Å². The molecule has 1 amide bonds. The second kappa shape index (κ2) is 6.18. The summed E-state index contributed by atoms with van der Waals surface area (Å²) in [6.07, 6.45) is 1.95. The van der Waals surface area contributed by atoms with Crippen molar-refractivity contribution in [1.29, 1.82) is 0 Å². The number of rotatable bonds is 1. The predicted molar refractivity (Wildman–Crippen MR) is 94.4 cm³/mol. The molecule has 0 aliphatic carbocycles. The van der Waals surface area contributed by atoms with Gasteiger partial charge in [-0.3, -0.25) is 4.79 Å². The minimum atomic E-state index is -0.149. The van der Waals surface area contributed by atoms with Gasteiger partial charge in [-0.1, -0.05) is 42.5 Å². The van der Waals surface area contributed by atoms with Crippen molar-refractivity contribution in [3.63, 3.8) is 0 Å². The van der Waals surface area contributed by atoms with Crippen LogP contribution in [0.5, 0.6) is 0 Å². The Labute approximate surface area is 138 Å². The lowest BCUT2D eigenvalue weighted by Gasteiger charge is -2.27. The molecular formula is C18H16N2O2S. The Morgan fingerprint density at radius 1 is 1.09 bits per heavy atom. The molecule has 0 atom stereocenters. The number of carbonyl (C=O) groups excluding carboxylic acids is 1. The second-order valence-corrected chi connectivity index (χ2v) is 6.49. The van der Waals surface area contributed by atoms with Crippen molar-refractivity contribution in [1.82, 2.24) is 4.90 Å². The van der Waals surface area contributed by atoms with Gasteiger partial charge in [-0.15, -0.1) is 0 Å². The fourth-order valence-corrected chi connectivity index (χ4v) is 3.76. The molecule has 2 aliphatic heterocycles. The standard InChI is InChI=1S/C18H16N2O2S/c21-17-16(23-18(19-17)20-8-10-22-11-9-20)12-14-6-3-5-13-4-1-2-7-15(13)14/h1-7,12H,8-11H2/b16-12+. The maximum atomic E-state index is 12.2. The molecule has 0 unspecified atom stereocenters. The zero-order chi connectivity index (χ0) is 15.6.